The molecule has 0 aliphatic heterocycles. The lowest BCUT2D eigenvalue weighted by molar-refractivity contribution is 0.0827. The van der Waals surface area contributed by atoms with Crippen LogP contribution in [0.5, 0.6) is 0 Å². The minimum atomic E-state index is -0.00714. The number of carbonyl (C=O) groups is 1. The summed E-state index contributed by atoms with van der Waals surface area (Å²) in [5.41, 5.74) is 2.17. The first-order chi connectivity index (χ1) is 11.0. The maximum Gasteiger partial charge on any atom is 0.253 e. The summed E-state index contributed by atoms with van der Waals surface area (Å²) in [4.78, 5) is 19.9. The summed E-state index contributed by atoms with van der Waals surface area (Å²) in [5.74, 6) is 0.771. The van der Waals surface area contributed by atoms with Crippen molar-refractivity contribution in [3.63, 3.8) is 0 Å². The molecule has 0 spiro atoms. The Bertz CT molecular complexity index is 717. The molecular formula is C18H20N4O. The molecule has 0 radical (unpaired) electrons. The number of hydrogen-bond acceptors (Lipinski definition) is 4. The molecule has 0 saturated carbocycles. The molecular weight excluding hydrogens is 288 g/mol. The van der Waals surface area contributed by atoms with E-state index in [-0.39, 0.29) is 5.91 Å². The van der Waals surface area contributed by atoms with Crippen LogP contribution in [0.3, 0.4) is 0 Å². The molecule has 0 bridgehead atoms. The number of hydrogen-bond donors (Lipinski definition) is 0. The summed E-state index contributed by atoms with van der Waals surface area (Å²) < 4.78 is 0. The van der Waals surface area contributed by atoms with Gasteiger partial charge >= 0.3 is 0 Å². The Balaban J connectivity index is 2.16. The third-order valence-electron chi connectivity index (χ3n) is 3.54. The molecule has 1 aromatic heterocycles. The van der Waals surface area contributed by atoms with E-state index in [9.17, 15) is 4.79 Å². The average Bonchev–Trinajstić information content (AvgIpc) is 2.59. The van der Waals surface area contributed by atoms with Gasteiger partial charge in [0.1, 0.15) is 17.6 Å². The molecule has 2 rings (SSSR count). The van der Waals surface area contributed by atoms with Crippen molar-refractivity contribution < 1.29 is 4.79 Å². The molecule has 0 aliphatic rings. The number of rotatable bonds is 5. The standard InChI is InChI=1S/C18H20N4O/c1-4-22(17-7-5-6-16(12-19)20-17)13-14-8-10-15(11-9-14)18(23)21(2)3/h5-11H,4,13H2,1-3H3. The van der Waals surface area contributed by atoms with Crippen LogP contribution in [0.1, 0.15) is 28.5 Å². The minimum Gasteiger partial charge on any atom is -0.353 e. The fraction of sp³-hybridized carbons (Fsp3) is 0.278. The van der Waals surface area contributed by atoms with Crippen molar-refractivity contribution in [1.29, 1.82) is 5.26 Å². The van der Waals surface area contributed by atoms with Crippen LogP contribution in [-0.2, 0) is 6.54 Å². The SMILES string of the molecule is CCN(Cc1ccc(C(=O)N(C)C)cc1)c1cccc(C#N)n1. The van der Waals surface area contributed by atoms with Crippen LogP contribution in [0.15, 0.2) is 42.5 Å². The van der Waals surface area contributed by atoms with Gasteiger partial charge in [-0.15, -0.1) is 0 Å². The first kappa shape index (κ1) is 16.5. The summed E-state index contributed by atoms with van der Waals surface area (Å²) in [5, 5.41) is 8.97. The molecule has 5 nitrogen and oxygen atoms in total. The smallest absolute Gasteiger partial charge is 0.253 e. The Morgan fingerprint density at radius 1 is 1.17 bits per heavy atom. The summed E-state index contributed by atoms with van der Waals surface area (Å²) in [6.45, 7) is 3.50. The second-order valence-corrected chi connectivity index (χ2v) is 5.40. The molecule has 1 heterocycles. The van der Waals surface area contributed by atoms with Gasteiger partial charge < -0.3 is 9.80 Å². The van der Waals surface area contributed by atoms with E-state index in [4.69, 9.17) is 5.26 Å². The molecule has 2 aromatic rings. The molecule has 1 amide bonds. The van der Waals surface area contributed by atoms with Crippen molar-refractivity contribution in [3.8, 4) is 6.07 Å². The molecule has 0 N–H and O–H groups in total. The second-order valence-electron chi connectivity index (χ2n) is 5.40. The molecule has 0 saturated heterocycles. The van der Waals surface area contributed by atoms with Crippen LogP contribution in [0, 0.1) is 11.3 Å². The molecule has 0 aliphatic carbocycles. The van der Waals surface area contributed by atoms with Gasteiger partial charge in [-0.1, -0.05) is 18.2 Å². The Morgan fingerprint density at radius 3 is 2.43 bits per heavy atom. The summed E-state index contributed by atoms with van der Waals surface area (Å²) in [6, 6.07) is 15.1. The van der Waals surface area contributed by atoms with E-state index < -0.39 is 0 Å². The molecule has 118 valence electrons. The van der Waals surface area contributed by atoms with E-state index in [1.54, 1.807) is 25.1 Å². The Labute approximate surface area is 136 Å². The number of pyridine rings is 1. The molecule has 23 heavy (non-hydrogen) atoms. The second kappa shape index (κ2) is 7.41. The fourth-order valence-electron chi connectivity index (χ4n) is 2.25. The number of anilines is 1. The van der Waals surface area contributed by atoms with Gasteiger partial charge in [-0.05, 0) is 36.8 Å². The van der Waals surface area contributed by atoms with Crippen LogP contribution in [-0.4, -0.2) is 36.4 Å². The van der Waals surface area contributed by atoms with E-state index in [0.717, 1.165) is 17.9 Å². The number of nitriles is 1. The Hall–Kier alpha value is -2.87. The molecule has 5 heteroatoms. The highest BCUT2D eigenvalue weighted by Crippen LogP contribution is 2.16. The van der Waals surface area contributed by atoms with Gasteiger partial charge in [-0.3, -0.25) is 4.79 Å². The van der Waals surface area contributed by atoms with Crippen LogP contribution >= 0.6 is 0 Å². The van der Waals surface area contributed by atoms with Gasteiger partial charge in [0, 0.05) is 32.7 Å². The van der Waals surface area contributed by atoms with E-state index >= 15 is 0 Å². The maximum absolute atomic E-state index is 11.9. The zero-order valence-corrected chi connectivity index (χ0v) is 13.7. The zero-order chi connectivity index (χ0) is 16.8. The number of amides is 1. The van der Waals surface area contributed by atoms with Gasteiger partial charge in [0.25, 0.3) is 5.91 Å². The summed E-state index contributed by atoms with van der Waals surface area (Å²) >= 11 is 0. The van der Waals surface area contributed by atoms with Gasteiger partial charge in [0.15, 0.2) is 0 Å². The van der Waals surface area contributed by atoms with Crippen LogP contribution in [0.4, 0.5) is 5.82 Å². The van der Waals surface area contributed by atoms with Crippen molar-refractivity contribution in [3.05, 3.63) is 59.3 Å². The quantitative estimate of drug-likeness (QED) is 0.852. The van der Waals surface area contributed by atoms with Crippen LogP contribution in [0.25, 0.3) is 0 Å². The molecule has 0 fully saturated rings. The monoisotopic (exact) mass is 308 g/mol. The molecule has 0 atom stereocenters. The van der Waals surface area contributed by atoms with Gasteiger partial charge in [-0.25, -0.2) is 4.98 Å². The van der Waals surface area contributed by atoms with E-state index in [1.807, 2.05) is 43.3 Å². The first-order valence-electron chi connectivity index (χ1n) is 7.48. The number of nitrogens with zero attached hydrogens (tertiary/aromatic N) is 4. The first-order valence-corrected chi connectivity index (χ1v) is 7.48. The van der Waals surface area contributed by atoms with Crippen molar-refractivity contribution in [2.24, 2.45) is 0 Å². The zero-order valence-electron chi connectivity index (χ0n) is 13.7. The van der Waals surface area contributed by atoms with E-state index in [0.29, 0.717) is 17.8 Å². The Morgan fingerprint density at radius 2 is 1.87 bits per heavy atom. The summed E-state index contributed by atoms with van der Waals surface area (Å²) in [7, 11) is 3.48. The van der Waals surface area contributed by atoms with Gasteiger partial charge in [0.05, 0.1) is 0 Å². The van der Waals surface area contributed by atoms with E-state index in [2.05, 4.69) is 16.0 Å². The fourth-order valence-corrected chi connectivity index (χ4v) is 2.25. The average molecular weight is 308 g/mol. The third kappa shape index (κ3) is 4.07. The van der Waals surface area contributed by atoms with Gasteiger partial charge in [-0.2, -0.15) is 5.26 Å². The Kier molecular flexibility index (Phi) is 5.32. The minimum absolute atomic E-state index is 0.00714. The lowest BCUT2D eigenvalue weighted by Crippen LogP contribution is -2.24. The highest BCUT2D eigenvalue weighted by atomic mass is 16.2. The highest BCUT2D eigenvalue weighted by Gasteiger charge is 2.10. The topological polar surface area (TPSA) is 60.2 Å². The van der Waals surface area contributed by atoms with E-state index in [1.165, 1.54) is 0 Å². The lowest BCUT2D eigenvalue weighted by Gasteiger charge is -2.22. The number of benzene rings is 1. The molecule has 1 aromatic carbocycles. The van der Waals surface area contributed by atoms with Gasteiger partial charge in [0.2, 0.25) is 0 Å². The van der Waals surface area contributed by atoms with Crippen LogP contribution < -0.4 is 4.90 Å². The summed E-state index contributed by atoms with van der Waals surface area (Å²) in [6.07, 6.45) is 0. The van der Waals surface area contributed by atoms with Crippen molar-refractivity contribution in [2.45, 2.75) is 13.5 Å². The predicted molar refractivity (Wildman–Crippen MR) is 90.1 cm³/mol. The van der Waals surface area contributed by atoms with Crippen molar-refractivity contribution in [1.82, 2.24) is 9.88 Å². The number of carbonyl (C=O) groups excluding carboxylic acids is 1. The van der Waals surface area contributed by atoms with Crippen molar-refractivity contribution >= 4 is 11.7 Å². The third-order valence-corrected chi connectivity index (χ3v) is 3.54. The predicted octanol–water partition coefficient (Wildman–Crippen LogP) is 2.68. The highest BCUT2D eigenvalue weighted by molar-refractivity contribution is 5.93. The number of aromatic nitrogens is 1. The lowest BCUT2D eigenvalue weighted by atomic mass is 10.1. The largest absolute Gasteiger partial charge is 0.353 e. The normalized spacial score (nSPS) is 10.0. The maximum atomic E-state index is 11.9. The van der Waals surface area contributed by atoms with Crippen molar-refractivity contribution in [2.75, 3.05) is 25.5 Å². The molecule has 0 unspecified atom stereocenters. The van der Waals surface area contributed by atoms with Crippen LogP contribution in [0.2, 0.25) is 0 Å².